The number of guanidine groups is 1. The van der Waals surface area contributed by atoms with E-state index in [1.54, 1.807) is 7.05 Å². The molecule has 6 heteroatoms. The Hall–Kier alpha value is -2.34. The Morgan fingerprint density at radius 1 is 1.13 bits per heavy atom. The highest BCUT2D eigenvalue weighted by Crippen LogP contribution is 2.23. The van der Waals surface area contributed by atoms with Crippen LogP contribution in [0.4, 0.5) is 0 Å². The van der Waals surface area contributed by atoms with E-state index in [1.165, 1.54) is 30.6 Å². The lowest BCUT2D eigenvalue weighted by atomic mass is 9.91. The fraction of sp³-hybridized carbons (Fsp3) is 0.583. The predicted molar refractivity (Wildman–Crippen MR) is 122 cm³/mol. The SMILES string of the molecule is CN=C(NCc1cc(C(C)C)no1)NCc1ccccc1CN1CC(C)CC(C)C1. The standard InChI is InChI=1S/C24H37N5O/c1-17(2)23-11-22(30-28-23)13-27-24(25-5)26-12-20-8-6-7-9-21(20)16-29-14-18(3)10-19(4)15-29/h6-9,11,17-19H,10,12-16H2,1-5H3,(H2,25,26,27). The van der Waals surface area contributed by atoms with Crippen molar-refractivity contribution < 1.29 is 4.52 Å². The van der Waals surface area contributed by atoms with Crippen LogP contribution >= 0.6 is 0 Å². The van der Waals surface area contributed by atoms with Crippen molar-refractivity contribution in [3.8, 4) is 0 Å². The number of nitrogens with zero attached hydrogens (tertiary/aromatic N) is 3. The summed E-state index contributed by atoms with van der Waals surface area (Å²) >= 11 is 0. The van der Waals surface area contributed by atoms with Gasteiger partial charge in [0.2, 0.25) is 0 Å². The van der Waals surface area contributed by atoms with E-state index < -0.39 is 0 Å². The maximum absolute atomic E-state index is 5.40. The molecule has 2 heterocycles. The van der Waals surface area contributed by atoms with E-state index in [-0.39, 0.29) is 0 Å². The Morgan fingerprint density at radius 2 is 1.80 bits per heavy atom. The quantitative estimate of drug-likeness (QED) is 0.529. The molecule has 0 amide bonds. The number of rotatable bonds is 7. The maximum Gasteiger partial charge on any atom is 0.191 e. The molecule has 0 bridgehead atoms. The first-order chi connectivity index (χ1) is 14.4. The van der Waals surface area contributed by atoms with Gasteiger partial charge in [-0.15, -0.1) is 0 Å². The number of piperidine rings is 1. The first kappa shape index (κ1) is 22.3. The van der Waals surface area contributed by atoms with Crippen molar-refractivity contribution in [2.75, 3.05) is 20.1 Å². The van der Waals surface area contributed by atoms with Crippen LogP contribution in [0.3, 0.4) is 0 Å². The molecule has 30 heavy (non-hydrogen) atoms. The Bertz CT molecular complexity index is 819. The largest absolute Gasteiger partial charge is 0.359 e. The second-order valence-corrected chi connectivity index (χ2v) is 9.06. The summed E-state index contributed by atoms with van der Waals surface area (Å²) in [5, 5.41) is 10.9. The van der Waals surface area contributed by atoms with Crippen LogP contribution < -0.4 is 10.6 Å². The summed E-state index contributed by atoms with van der Waals surface area (Å²) in [7, 11) is 1.79. The number of nitrogens with one attached hydrogen (secondary N) is 2. The van der Waals surface area contributed by atoms with Crippen molar-refractivity contribution in [3.63, 3.8) is 0 Å². The van der Waals surface area contributed by atoms with Gasteiger partial charge in [0.25, 0.3) is 0 Å². The van der Waals surface area contributed by atoms with E-state index in [2.05, 4.69) is 77.6 Å². The van der Waals surface area contributed by atoms with E-state index in [1.807, 2.05) is 6.07 Å². The van der Waals surface area contributed by atoms with E-state index in [0.717, 1.165) is 42.3 Å². The van der Waals surface area contributed by atoms with Crippen LogP contribution in [0.25, 0.3) is 0 Å². The van der Waals surface area contributed by atoms with Gasteiger partial charge >= 0.3 is 0 Å². The third-order valence-corrected chi connectivity index (χ3v) is 5.73. The minimum Gasteiger partial charge on any atom is -0.359 e. The molecule has 2 atom stereocenters. The van der Waals surface area contributed by atoms with Crippen LogP contribution in [0.2, 0.25) is 0 Å². The summed E-state index contributed by atoms with van der Waals surface area (Å²) in [5.74, 6) is 3.48. The zero-order valence-corrected chi connectivity index (χ0v) is 19.1. The summed E-state index contributed by atoms with van der Waals surface area (Å²) in [6.45, 7) is 13.6. The van der Waals surface area contributed by atoms with Crippen LogP contribution in [0, 0.1) is 11.8 Å². The van der Waals surface area contributed by atoms with Crippen LogP contribution in [0.1, 0.15) is 62.6 Å². The normalized spacial score (nSPS) is 20.5. The number of aromatic nitrogens is 1. The first-order valence-electron chi connectivity index (χ1n) is 11.1. The average Bonchev–Trinajstić information content (AvgIpc) is 3.18. The number of hydrogen-bond donors (Lipinski definition) is 2. The smallest absolute Gasteiger partial charge is 0.191 e. The number of aliphatic imine (C=N–C) groups is 1. The van der Waals surface area contributed by atoms with Crippen LogP contribution in [-0.2, 0) is 19.6 Å². The van der Waals surface area contributed by atoms with Gasteiger partial charge in [-0.1, -0.05) is 57.1 Å². The Labute approximate surface area is 181 Å². The van der Waals surface area contributed by atoms with Gasteiger partial charge in [0.1, 0.15) is 0 Å². The number of likely N-dealkylation sites (tertiary alicyclic amines) is 1. The maximum atomic E-state index is 5.40. The van der Waals surface area contributed by atoms with Crippen molar-refractivity contribution in [1.82, 2.24) is 20.7 Å². The summed E-state index contributed by atoms with van der Waals surface area (Å²) in [6, 6.07) is 10.7. The highest BCUT2D eigenvalue weighted by atomic mass is 16.5. The molecule has 2 aromatic rings. The summed E-state index contributed by atoms with van der Waals surface area (Å²) in [5.41, 5.74) is 3.68. The zero-order chi connectivity index (χ0) is 21.5. The van der Waals surface area contributed by atoms with Gasteiger partial charge in [0.15, 0.2) is 11.7 Å². The Morgan fingerprint density at radius 3 is 2.43 bits per heavy atom. The lowest BCUT2D eigenvalue weighted by Gasteiger charge is -2.35. The third kappa shape index (κ3) is 6.33. The summed E-state index contributed by atoms with van der Waals surface area (Å²) in [4.78, 5) is 6.95. The van der Waals surface area contributed by atoms with E-state index in [0.29, 0.717) is 12.5 Å². The van der Waals surface area contributed by atoms with Gasteiger partial charge < -0.3 is 15.2 Å². The molecule has 1 aliphatic rings. The van der Waals surface area contributed by atoms with Crippen molar-refractivity contribution in [2.24, 2.45) is 16.8 Å². The number of benzene rings is 1. The molecule has 0 saturated carbocycles. The molecule has 0 spiro atoms. The van der Waals surface area contributed by atoms with Gasteiger partial charge in [-0.25, -0.2) is 0 Å². The van der Waals surface area contributed by atoms with Crippen LogP contribution in [-0.4, -0.2) is 36.2 Å². The average molecular weight is 412 g/mol. The lowest BCUT2D eigenvalue weighted by molar-refractivity contribution is 0.134. The molecule has 1 aromatic carbocycles. The summed E-state index contributed by atoms with van der Waals surface area (Å²) < 4.78 is 5.40. The van der Waals surface area contributed by atoms with Gasteiger partial charge in [0, 0.05) is 39.3 Å². The lowest BCUT2D eigenvalue weighted by Crippen LogP contribution is -2.39. The molecular formula is C24H37N5O. The van der Waals surface area contributed by atoms with Crippen molar-refractivity contribution in [1.29, 1.82) is 0 Å². The van der Waals surface area contributed by atoms with Gasteiger partial charge in [0.05, 0.1) is 12.2 Å². The van der Waals surface area contributed by atoms with Crippen LogP contribution in [0.15, 0.2) is 39.8 Å². The van der Waals surface area contributed by atoms with Gasteiger partial charge in [-0.3, -0.25) is 9.89 Å². The monoisotopic (exact) mass is 411 g/mol. The second-order valence-electron chi connectivity index (χ2n) is 9.06. The number of hydrogen-bond acceptors (Lipinski definition) is 4. The molecule has 0 radical (unpaired) electrons. The topological polar surface area (TPSA) is 65.7 Å². The third-order valence-electron chi connectivity index (χ3n) is 5.73. The molecule has 1 aromatic heterocycles. The molecule has 0 aliphatic carbocycles. The van der Waals surface area contributed by atoms with Gasteiger partial charge in [-0.05, 0) is 35.3 Å². The fourth-order valence-corrected chi connectivity index (χ4v) is 4.30. The van der Waals surface area contributed by atoms with E-state index in [9.17, 15) is 0 Å². The Kier molecular flexibility index (Phi) is 7.91. The highest BCUT2D eigenvalue weighted by Gasteiger charge is 2.22. The molecular weight excluding hydrogens is 374 g/mol. The van der Waals surface area contributed by atoms with Crippen molar-refractivity contribution >= 4 is 5.96 Å². The minimum atomic E-state index is 0.363. The molecule has 1 fully saturated rings. The fourth-order valence-electron chi connectivity index (χ4n) is 4.30. The van der Waals surface area contributed by atoms with Gasteiger partial charge in [-0.2, -0.15) is 0 Å². The first-order valence-corrected chi connectivity index (χ1v) is 11.1. The molecule has 1 saturated heterocycles. The molecule has 1 aliphatic heterocycles. The Balaban J connectivity index is 1.55. The van der Waals surface area contributed by atoms with Crippen molar-refractivity contribution in [3.05, 3.63) is 52.9 Å². The minimum absolute atomic E-state index is 0.363. The van der Waals surface area contributed by atoms with Crippen molar-refractivity contribution in [2.45, 2.75) is 59.7 Å². The van der Waals surface area contributed by atoms with Crippen LogP contribution in [0.5, 0.6) is 0 Å². The highest BCUT2D eigenvalue weighted by molar-refractivity contribution is 5.79. The second kappa shape index (κ2) is 10.6. The molecule has 164 valence electrons. The summed E-state index contributed by atoms with van der Waals surface area (Å²) in [6.07, 6.45) is 1.34. The molecule has 2 unspecified atom stereocenters. The van der Waals surface area contributed by atoms with E-state index >= 15 is 0 Å². The molecule has 6 nitrogen and oxygen atoms in total. The van der Waals surface area contributed by atoms with E-state index in [4.69, 9.17) is 4.52 Å². The molecule has 3 rings (SSSR count). The molecule has 2 N–H and O–H groups in total. The predicted octanol–water partition coefficient (Wildman–Crippen LogP) is 4.14. The zero-order valence-electron chi connectivity index (χ0n) is 19.1.